The van der Waals surface area contributed by atoms with E-state index in [9.17, 15) is 14.9 Å². The number of benzene rings is 3. The van der Waals surface area contributed by atoms with Gasteiger partial charge in [-0.2, -0.15) is 5.26 Å². The van der Waals surface area contributed by atoms with Crippen LogP contribution >= 0.6 is 27.5 Å². The number of amides is 1. The number of methoxy groups -OCH3 is 1. The standard InChI is InChI=1S/C28H21BrClN3O3/c1-36-27(35)28(16-31)23(18-6-8-19(29)9-7-18)24(26(34)32-21-12-10-20(30)11-13-21)33-15-14-17-4-2-3-5-22(17)25(28)33/h2-15,23-25H,1H3,(H,32,34)/t23-,24+,25+,28-/m0/s1. The highest BCUT2D eigenvalue weighted by Crippen LogP contribution is 2.60. The minimum atomic E-state index is -1.69. The molecule has 0 radical (unpaired) electrons. The molecule has 2 heterocycles. The van der Waals surface area contributed by atoms with E-state index < -0.39 is 29.4 Å². The maximum Gasteiger partial charge on any atom is 0.329 e. The molecule has 1 fully saturated rings. The number of carbonyl (C=O) groups is 2. The Morgan fingerprint density at radius 1 is 1.08 bits per heavy atom. The number of anilines is 1. The predicted octanol–water partition coefficient (Wildman–Crippen LogP) is 5.92. The summed E-state index contributed by atoms with van der Waals surface area (Å²) in [6, 6.07) is 22.4. The molecular formula is C28H21BrClN3O3. The van der Waals surface area contributed by atoms with Gasteiger partial charge in [0.15, 0.2) is 5.41 Å². The molecule has 1 N–H and O–H groups in total. The lowest BCUT2D eigenvalue weighted by atomic mass is 9.67. The Balaban J connectivity index is 1.72. The highest BCUT2D eigenvalue weighted by Gasteiger charge is 2.67. The first-order valence-corrected chi connectivity index (χ1v) is 12.4. The summed E-state index contributed by atoms with van der Waals surface area (Å²) in [6.45, 7) is 0. The van der Waals surface area contributed by atoms with Gasteiger partial charge in [0.2, 0.25) is 5.91 Å². The number of hydrogen-bond donors (Lipinski definition) is 1. The molecule has 8 heteroatoms. The van der Waals surface area contributed by atoms with E-state index in [0.29, 0.717) is 16.3 Å². The molecule has 0 aromatic heterocycles. The Morgan fingerprint density at radius 2 is 1.78 bits per heavy atom. The van der Waals surface area contributed by atoms with Gasteiger partial charge in [0.05, 0.1) is 19.2 Å². The summed E-state index contributed by atoms with van der Waals surface area (Å²) in [5.41, 5.74) is 1.23. The molecule has 2 aliphatic rings. The third-order valence-corrected chi connectivity index (χ3v) is 7.67. The van der Waals surface area contributed by atoms with E-state index in [4.69, 9.17) is 16.3 Å². The van der Waals surface area contributed by atoms with Gasteiger partial charge >= 0.3 is 5.97 Å². The molecule has 180 valence electrons. The van der Waals surface area contributed by atoms with Gasteiger partial charge in [0.1, 0.15) is 6.04 Å². The Hall–Kier alpha value is -3.60. The van der Waals surface area contributed by atoms with Gasteiger partial charge in [-0.25, -0.2) is 0 Å². The second kappa shape index (κ2) is 9.45. The Labute approximate surface area is 222 Å². The molecule has 4 atom stereocenters. The summed E-state index contributed by atoms with van der Waals surface area (Å²) in [4.78, 5) is 29.4. The van der Waals surface area contributed by atoms with Crippen molar-refractivity contribution in [2.75, 3.05) is 12.4 Å². The van der Waals surface area contributed by atoms with Crippen molar-refractivity contribution in [3.63, 3.8) is 0 Å². The van der Waals surface area contributed by atoms with Crippen molar-refractivity contribution < 1.29 is 14.3 Å². The number of carbonyl (C=O) groups excluding carboxylic acids is 2. The summed E-state index contributed by atoms with van der Waals surface area (Å²) in [7, 11) is 1.27. The second-order valence-corrected chi connectivity index (χ2v) is 10.1. The molecule has 5 rings (SSSR count). The maximum atomic E-state index is 13.9. The third-order valence-electron chi connectivity index (χ3n) is 6.89. The monoisotopic (exact) mass is 561 g/mol. The van der Waals surface area contributed by atoms with Crippen molar-refractivity contribution >= 4 is 51.2 Å². The number of ether oxygens (including phenoxy) is 1. The van der Waals surface area contributed by atoms with Crippen LogP contribution in [0.25, 0.3) is 6.08 Å². The lowest BCUT2D eigenvalue weighted by Crippen LogP contribution is -2.42. The summed E-state index contributed by atoms with van der Waals surface area (Å²) in [5.74, 6) is -1.85. The van der Waals surface area contributed by atoms with Gasteiger partial charge in [0.25, 0.3) is 0 Å². The summed E-state index contributed by atoms with van der Waals surface area (Å²) in [6.07, 6.45) is 3.70. The molecule has 0 bridgehead atoms. The lowest BCUT2D eigenvalue weighted by Gasteiger charge is -2.35. The van der Waals surface area contributed by atoms with E-state index in [1.807, 2.05) is 59.5 Å². The van der Waals surface area contributed by atoms with E-state index in [-0.39, 0.29) is 5.91 Å². The van der Waals surface area contributed by atoms with Crippen LogP contribution < -0.4 is 5.32 Å². The first-order chi connectivity index (χ1) is 17.4. The van der Waals surface area contributed by atoms with Crippen molar-refractivity contribution in [1.29, 1.82) is 5.26 Å². The van der Waals surface area contributed by atoms with Crippen LogP contribution in [-0.4, -0.2) is 29.9 Å². The fourth-order valence-corrected chi connectivity index (χ4v) is 5.78. The van der Waals surface area contributed by atoms with Crippen molar-refractivity contribution in [2.45, 2.75) is 18.0 Å². The van der Waals surface area contributed by atoms with E-state index in [2.05, 4.69) is 27.3 Å². The quantitative estimate of drug-likeness (QED) is 0.399. The zero-order chi connectivity index (χ0) is 25.4. The van der Waals surface area contributed by atoms with E-state index in [0.717, 1.165) is 15.6 Å². The largest absolute Gasteiger partial charge is 0.468 e. The number of fused-ring (bicyclic) bond motifs is 3. The molecule has 6 nitrogen and oxygen atoms in total. The third kappa shape index (κ3) is 3.78. The number of hydrogen-bond acceptors (Lipinski definition) is 5. The van der Waals surface area contributed by atoms with Gasteiger partial charge in [-0.15, -0.1) is 0 Å². The van der Waals surface area contributed by atoms with Crippen LogP contribution in [0.2, 0.25) is 5.02 Å². The van der Waals surface area contributed by atoms with Crippen LogP contribution in [0.15, 0.2) is 83.5 Å². The van der Waals surface area contributed by atoms with Crippen LogP contribution in [0.5, 0.6) is 0 Å². The van der Waals surface area contributed by atoms with Gasteiger partial charge in [-0.05, 0) is 59.2 Å². The zero-order valence-electron chi connectivity index (χ0n) is 19.2. The Kier molecular flexibility index (Phi) is 6.33. The van der Waals surface area contributed by atoms with Crippen molar-refractivity contribution in [1.82, 2.24) is 4.90 Å². The minimum absolute atomic E-state index is 0.347. The number of nitrogens with zero attached hydrogens (tertiary/aromatic N) is 2. The van der Waals surface area contributed by atoms with Crippen LogP contribution in [0, 0.1) is 16.7 Å². The number of nitrogens with one attached hydrogen (secondary N) is 1. The molecular weight excluding hydrogens is 542 g/mol. The SMILES string of the molecule is COC(=O)[C@@]1(C#N)[C@@H](c2ccc(Br)cc2)[C@H](C(=O)Nc2ccc(Cl)cc2)N2C=Cc3ccccc3[C@@H]21. The van der Waals surface area contributed by atoms with Crippen molar-refractivity contribution in [2.24, 2.45) is 5.41 Å². The highest BCUT2D eigenvalue weighted by molar-refractivity contribution is 9.10. The van der Waals surface area contributed by atoms with Gasteiger partial charge in [0, 0.05) is 27.3 Å². The smallest absolute Gasteiger partial charge is 0.329 e. The molecule has 0 saturated carbocycles. The topological polar surface area (TPSA) is 82.4 Å². The van der Waals surface area contributed by atoms with Gasteiger partial charge in [-0.1, -0.05) is 63.9 Å². The summed E-state index contributed by atoms with van der Waals surface area (Å²) < 4.78 is 6.10. The maximum absolute atomic E-state index is 13.9. The molecule has 0 unspecified atom stereocenters. The molecule has 3 aromatic rings. The minimum Gasteiger partial charge on any atom is -0.468 e. The molecule has 2 aliphatic heterocycles. The summed E-state index contributed by atoms with van der Waals surface area (Å²) >= 11 is 9.47. The van der Waals surface area contributed by atoms with Gasteiger partial charge < -0.3 is 15.0 Å². The zero-order valence-corrected chi connectivity index (χ0v) is 21.5. The predicted molar refractivity (Wildman–Crippen MR) is 141 cm³/mol. The molecule has 0 aliphatic carbocycles. The average molecular weight is 563 g/mol. The van der Waals surface area contributed by atoms with Crippen LogP contribution in [-0.2, 0) is 14.3 Å². The number of halogens is 2. The number of rotatable bonds is 4. The van der Waals surface area contributed by atoms with Crippen LogP contribution in [0.4, 0.5) is 5.69 Å². The number of esters is 1. The fourth-order valence-electron chi connectivity index (χ4n) is 5.38. The Morgan fingerprint density at radius 3 is 2.44 bits per heavy atom. The van der Waals surface area contributed by atoms with Gasteiger partial charge in [-0.3, -0.25) is 9.59 Å². The molecule has 1 amide bonds. The van der Waals surface area contributed by atoms with Crippen molar-refractivity contribution in [3.8, 4) is 6.07 Å². The summed E-state index contributed by atoms with van der Waals surface area (Å²) in [5, 5.41) is 14.2. The normalized spacial score (nSPS) is 23.8. The first-order valence-electron chi connectivity index (χ1n) is 11.3. The van der Waals surface area contributed by atoms with E-state index in [1.165, 1.54) is 7.11 Å². The fraction of sp³-hybridized carbons (Fsp3) is 0.179. The van der Waals surface area contributed by atoms with Crippen molar-refractivity contribution in [3.05, 3.63) is 105 Å². The lowest BCUT2D eigenvalue weighted by molar-refractivity contribution is -0.151. The van der Waals surface area contributed by atoms with E-state index in [1.54, 1.807) is 30.5 Å². The van der Waals surface area contributed by atoms with E-state index >= 15 is 0 Å². The van der Waals surface area contributed by atoms with Crippen LogP contribution in [0.1, 0.15) is 28.7 Å². The van der Waals surface area contributed by atoms with Crippen LogP contribution in [0.3, 0.4) is 0 Å². The first kappa shape index (κ1) is 24.1. The Bertz CT molecular complexity index is 1400. The molecule has 3 aromatic carbocycles. The molecule has 0 spiro atoms. The highest BCUT2D eigenvalue weighted by atomic mass is 79.9. The average Bonchev–Trinajstić information content (AvgIpc) is 3.22. The molecule has 1 saturated heterocycles. The molecule has 36 heavy (non-hydrogen) atoms. The number of nitriles is 1. The second-order valence-electron chi connectivity index (χ2n) is 8.74.